The van der Waals surface area contributed by atoms with Gasteiger partial charge in [0.25, 0.3) is 0 Å². The molecule has 8 aromatic carbocycles. The molecule has 0 radical (unpaired) electrons. The summed E-state index contributed by atoms with van der Waals surface area (Å²) in [6.45, 7) is 19.5. The van der Waals surface area contributed by atoms with E-state index in [4.69, 9.17) is 0 Å². The minimum absolute atomic E-state index is 0.000431. The van der Waals surface area contributed by atoms with E-state index >= 15 is 0 Å². The highest BCUT2D eigenvalue weighted by Gasteiger charge is 2.57. The quantitative estimate of drug-likeness (QED) is 0.163. The van der Waals surface area contributed by atoms with Crippen LogP contribution in [0, 0.1) is 5.41 Å². The van der Waals surface area contributed by atoms with E-state index in [2.05, 4.69) is 247 Å². The molecule has 2 nitrogen and oxygen atoms in total. The van der Waals surface area contributed by atoms with Crippen molar-refractivity contribution in [2.75, 3.05) is 4.90 Å². The predicted molar refractivity (Wildman–Crippen MR) is 264 cm³/mol. The number of nitrogens with zero attached hydrogens (tertiary/aromatic N) is 2. The van der Waals surface area contributed by atoms with Crippen molar-refractivity contribution in [3.8, 4) is 39.1 Å². The van der Waals surface area contributed by atoms with E-state index in [0.717, 1.165) is 17.1 Å². The molecule has 0 saturated heterocycles. The third-order valence-electron chi connectivity index (χ3n) is 15.9. The topological polar surface area (TPSA) is 8.17 Å². The molecule has 1 aromatic heterocycles. The molecular formula is C60H54N2. The van der Waals surface area contributed by atoms with Crippen LogP contribution in [0.2, 0.25) is 0 Å². The Morgan fingerprint density at radius 3 is 1.60 bits per heavy atom. The Balaban J connectivity index is 1.21. The third-order valence-corrected chi connectivity index (χ3v) is 15.9. The largest absolute Gasteiger partial charge is 0.310 e. The first kappa shape index (κ1) is 38.3. The van der Waals surface area contributed by atoms with E-state index < -0.39 is 0 Å². The molecule has 0 saturated carbocycles. The van der Waals surface area contributed by atoms with Gasteiger partial charge in [0.1, 0.15) is 0 Å². The monoisotopic (exact) mass is 802 g/mol. The minimum Gasteiger partial charge on any atom is -0.310 e. The summed E-state index contributed by atoms with van der Waals surface area (Å²) >= 11 is 0. The zero-order chi connectivity index (χ0) is 42.8. The lowest BCUT2D eigenvalue weighted by atomic mass is 9.59. The second kappa shape index (κ2) is 13.4. The average Bonchev–Trinajstić information content (AvgIpc) is 3.77. The van der Waals surface area contributed by atoms with Gasteiger partial charge in [-0.3, -0.25) is 0 Å². The van der Waals surface area contributed by atoms with Crippen molar-refractivity contribution in [1.82, 2.24) is 4.57 Å². The summed E-state index contributed by atoms with van der Waals surface area (Å²) in [5.74, 6) is 0. The van der Waals surface area contributed by atoms with Crippen molar-refractivity contribution in [3.05, 3.63) is 204 Å². The van der Waals surface area contributed by atoms with Gasteiger partial charge in [0.05, 0.1) is 16.7 Å². The third kappa shape index (κ3) is 5.35. The van der Waals surface area contributed by atoms with Gasteiger partial charge in [0.15, 0.2) is 0 Å². The Hall–Kier alpha value is -6.64. The van der Waals surface area contributed by atoms with E-state index in [9.17, 15) is 0 Å². The van der Waals surface area contributed by atoms with Gasteiger partial charge < -0.3 is 9.47 Å². The second-order valence-corrected chi connectivity index (χ2v) is 19.9. The molecule has 2 aliphatic carbocycles. The van der Waals surface area contributed by atoms with Crippen LogP contribution < -0.4 is 4.90 Å². The summed E-state index contributed by atoms with van der Waals surface area (Å²) in [6, 6.07) is 68.1. The first-order valence-electron chi connectivity index (χ1n) is 22.3. The molecule has 0 unspecified atom stereocenters. The zero-order valence-electron chi connectivity index (χ0n) is 37.2. The van der Waals surface area contributed by atoms with Crippen LogP contribution in [0.25, 0.3) is 60.9 Å². The van der Waals surface area contributed by atoms with Crippen LogP contribution in [0.3, 0.4) is 0 Å². The van der Waals surface area contributed by atoms with Gasteiger partial charge >= 0.3 is 0 Å². The highest BCUT2D eigenvalue weighted by atomic mass is 15.1. The van der Waals surface area contributed by atoms with E-state index in [1.54, 1.807) is 0 Å². The van der Waals surface area contributed by atoms with E-state index in [0.29, 0.717) is 0 Å². The number of rotatable bonds is 6. The Bertz CT molecular complexity index is 3220. The number of hydrogen-bond acceptors (Lipinski definition) is 1. The van der Waals surface area contributed by atoms with Crippen molar-refractivity contribution < 1.29 is 0 Å². The molecule has 0 atom stereocenters. The smallest absolute Gasteiger partial charge is 0.0543 e. The normalized spacial score (nSPS) is 16.3. The van der Waals surface area contributed by atoms with Crippen LogP contribution in [0.1, 0.15) is 77.6 Å². The molecule has 0 fully saturated rings. The standard InChI is InChI=1S/C60H54N2/c1-57(2)50-27-19-18-26-45(50)47-36-44(30-31-51(47)57)61(42-22-14-10-15-23-42)56-38-53-52(58(3,4)60(7,8)59(53,5)6)37-46(56)41-29-33-55-49(35-41)48-34-40(39-20-12-9-13-21-39)28-32-54(48)62(55)43-24-16-11-17-25-43/h9-38H,1-8H3. The van der Waals surface area contributed by atoms with Crippen LogP contribution in [-0.4, -0.2) is 4.57 Å². The molecular weight excluding hydrogens is 749 g/mol. The number of para-hydroxylation sites is 2. The van der Waals surface area contributed by atoms with Crippen molar-refractivity contribution in [3.63, 3.8) is 0 Å². The maximum absolute atomic E-state index is 2.57. The maximum atomic E-state index is 2.57. The number of fused-ring (bicyclic) bond motifs is 7. The van der Waals surface area contributed by atoms with Crippen molar-refractivity contribution in [2.24, 2.45) is 5.41 Å². The van der Waals surface area contributed by atoms with Gasteiger partial charge in [-0.25, -0.2) is 0 Å². The number of hydrogen-bond donors (Lipinski definition) is 0. The number of anilines is 3. The van der Waals surface area contributed by atoms with E-state index in [1.807, 2.05) is 0 Å². The van der Waals surface area contributed by atoms with Gasteiger partial charge in [0, 0.05) is 38.8 Å². The van der Waals surface area contributed by atoms with Gasteiger partial charge in [-0.05, 0) is 139 Å². The lowest BCUT2D eigenvalue weighted by Crippen LogP contribution is -2.42. The Labute approximate surface area is 367 Å². The summed E-state index contributed by atoms with van der Waals surface area (Å²) in [6.07, 6.45) is 0. The maximum Gasteiger partial charge on any atom is 0.0543 e. The fourth-order valence-electron chi connectivity index (χ4n) is 11.2. The molecule has 0 amide bonds. The molecule has 0 spiro atoms. The van der Waals surface area contributed by atoms with E-state index in [-0.39, 0.29) is 21.7 Å². The molecule has 0 bridgehead atoms. The Kier molecular flexibility index (Phi) is 8.29. The molecule has 1 heterocycles. The lowest BCUT2D eigenvalue weighted by Gasteiger charge is -2.44. The molecule has 2 heteroatoms. The summed E-state index contributed by atoms with van der Waals surface area (Å²) in [7, 11) is 0. The summed E-state index contributed by atoms with van der Waals surface area (Å²) in [4.78, 5) is 2.53. The van der Waals surface area contributed by atoms with Gasteiger partial charge in [0.2, 0.25) is 0 Å². The molecule has 62 heavy (non-hydrogen) atoms. The molecule has 2 aliphatic rings. The zero-order valence-corrected chi connectivity index (χ0v) is 37.2. The van der Waals surface area contributed by atoms with Crippen LogP contribution >= 0.6 is 0 Å². The Morgan fingerprint density at radius 1 is 0.371 bits per heavy atom. The Morgan fingerprint density at radius 2 is 0.919 bits per heavy atom. The summed E-state index contributed by atoms with van der Waals surface area (Å²) in [5.41, 5.74) is 20.0. The van der Waals surface area contributed by atoms with E-state index in [1.165, 1.54) is 83.1 Å². The molecule has 0 aliphatic heterocycles. The van der Waals surface area contributed by atoms with Crippen LogP contribution in [0.4, 0.5) is 17.1 Å². The predicted octanol–water partition coefficient (Wildman–Crippen LogP) is 16.5. The summed E-state index contributed by atoms with van der Waals surface area (Å²) in [5, 5.41) is 2.49. The number of benzene rings is 8. The molecule has 11 rings (SSSR count). The molecule has 9 aromatic rings. The van der Waals surface area contributed by atoms with Crippen molar-refractivity contribution >= 4 is 38.9 Å². The van der Waals surface area contributed by atoms with Crippen molar-refractivity contribution in [1.29, 1.82) is 0 Å². The second-order valence-electron chi connectivity index (χ2n) is 19.9. The lowest BCUT2D eigenvalue weighted by molar-refractivity contribution is 0.125. The highest BCUT2D eigenvalue weighted by Crippen LogP contribution is 2.63. The van der Waals surface area contributed by atoms with Crippen LogP contribution in [0.5, 0.6) is 0 Å². The first-order valence-corrected chi connectivity index (χ1v) is 22.3. The van der Waals surface area contributed by atoms with Gasteiger partial charge in [-0.15, -0.1) is 0 Å². The highest BCUT2D eigenvalue weighted by molar-refractivity contribution is 6.12. The SMILES string of the molecule is CC1(C)c2ccccc2-c2cc(N(c3ccccc3)c3cc4c(cc3-c3ccc5c(c3)c3cc(-c6ccccc6)ccc3n5-c3ccccc3)C(C)(C)C(C)(C)C4(C)C)ccc21. The molecule has 0 N–H and O–H groups in total. The molecule has 304 valence electrons. The minimum atomic E-state index is -0.0801. The summed E-state index contributed by atoms with van der Waals surface area (Å²) < 4.78 is 2.43. The van der Waals surface area contributed by atoms with Gasteiger partial charge in [-0.2, -0.15) is 0 Å². The fourth-order valence-corrected chi connectivity index (χ4v) is 11.2. The average molecular weight is 803 g/mol. The fraction of sp³-hybridized carbons (Fsp3) is 0.200. The van der Waals surface area contributed by atoms with Gasteiger partial charge in [-0.1, -0.05) is 165 Å². The van der Waals surface area contributed by atoms with Crippen molar-refractivity contribution in [2.45, 2.75) is 71.6 Å². The first-order chi connectivity index (χ1) is 29.8. The number of aromatic nitrogens is 1. The van der Waals surface area contributed by atoms with Crippen LogP contribution in [-0.2, 0) is 16.2 Å². The van der Waals surface area contributed by atoms with Crippen LogP contribution in [0.15, 0.2) is 182 Å².